The topological polar surface area (TPSA) is 95.9 Å². The van der Waals surface area contributed by atoms with Gasteiger partial charge in [-0.25, -0.2) is 0 Å². The lowest BCUT2D eigenvalue weighted by molar-refractivity contribution is -0.151. The van der Waals surface area contributed by atoms with E-state index in [9.17, 15) is 19.8 Å². The number of carbonyl (C=O) groups excluding carboxylic acids is 2. The van der Waals surface area contributed by atoms with E-state index in [0.29, 0.717) is 19.3 Å². The number of hydrogen-bond acceptors (Lipinski definition) is 5. The fourth-order valence-electron chi connectivity index (χ4n) is 7.95. The van der Waals surface area contributed by atoms with Gasteiger partial charge in [-0.2, -0.15) is 0 Å². The zero-order chi connectivity index (χ0) is 43.8. The summed E-state index contributed by atoms with van der Waals surface area (Å²) in [5.74, 6) is -0.484. The molecule has 3 N–H and O–H groups in total. The van der Waals surface area contributed by atoms with Gasteiger partial charge in [0.15, 0.2) is 0 Å². The molecule has 0 saturated carbocycles. The number of hydrogen-bond donors (Lipinski definition) is 3. The van der Waals surface area contributed by atoms with E-state index in [-0.39, 0.29) is 24.9 Å². The Morgan fingerprint density at radius 2 is 0.850 bits per heavy atom. The van der Waals surface area contributed by atoms with E-state index >= 15 is 0 Å². The maximum atomic E-state index is 13.2. The molecule has 3 unspecified atom stereocenters. The van der Waals surface area contributed by atoms with Crippen LogP contribution < -0.4 is 5.32 Å². The van der Waals surface area contributed by atoms with Crippen LogP contribution in [0.15, 0.2) is 36.5 Å². The molecule has 0 radical (unpaired) electrons. The van der Waals surface area contributed by atoms with Crippen molar-refractivity contribution in [3.05, 3.63) is 36.5 Å². The quantitative estimate of drug-likeness (QED) is 0.0245. The van der Waals surface area contributed by atoms with Crippen molar-refractivity contribution in [2.45, 2.75) is 289 Å². The Kier molecular flexibility index (Phi) is 46.6. The molecular weight excluding hydrogens is 743 g/mol. The van der Waals surface area contributed by atoms with Gasteiger partial charge in [-0.15, -0.1) is 0 Å². The first-order valence-electron chi connectivity index (χ1n) is 26.2. The average molecular weight is 844 g/mol. The van der Waals surface area contributed by atoms with Gasteiger partial charge in [-0.1, -0.05) is 218 Å². The van der Waals surface area contributed by atoms with E-state index < -0.39 is 18.2 Å². The maximum Gasteiger partial charge on any atom is 0.306 e. The molecule has 0 saturated heterocycles. The van der Waals surface area contributed by atoms with Crippen LogP contribution >= 0.6 is 0 Å². The molecule has 0 aliphatic heterocycles. The predicted octanol–water partition coefficient (Wildman–Crippen LogP) is 15.7. The molecule has 0 rings (SSSR count). The standard InChI is InChI=1S/C54H101NO5/c1-4-7-10-13-16-19-21-23-25-26-28-29-31-34-36-39-42-45-50(48-53(58)55-51(49-56)52(57)46-43-40-37-33-18-15-12-9-6-3)60-54(59)47-44-41-38-35-32-30-27-24-22-20-17-14-11-8-5-2/h17,20,22-25,50-52,56-57H,4-16,18-19,21,26-49H2,1-3H3,(H,55,58)/b20-17+,24-22+,25-23+. The van der Waals surface area contributed by atoms with E-state index in [4.69, 9.17) is 4.74 Å². The van der Waals surface area contributed by atoms with Gasteiger partial charge in [0.05, 0.1) is 25.2 Å². The van der Waals surface area contributed by atoms with Crippen LogP contribution in [0.25, 0.3) is 0 Å². The lowest BCUT2D eigenvalue weighted by Crippen LogP contribution is -2.46. The number of amides is 1. The van der Waals surface area contributed by atoms with Gasteiger partial charge in [-0.05, 0) is 77.0 Å². The van der Waals surface area contributed by atoms with Crippen LogP contribution in [0.5, 0.6) is 0 Å². The molecule has 0 aliphatic carbocycles. The average Bonchev–Trinajstić information content (AvgIpc) is 3.24. The number of allylic oxidation sites excluding steroid dienone is 6. The van der Waals surface area contributed by atoms with Gasteiger partial charge in [0.2, 0.25) is 5.91 Å². The summed E-state index contributed by atoms with van der Waals surface area (Å²) in [6.45, 7) is 6.44. The minimum Gasteiger partial charge on any atom is -0.462 e. The summed E-state index contributed by atoms with van der Waals surface area (Å²) in [5.41, 5.74) is 0. The van der Waals surface area contributed by atoms with Crippen LogP contribution in [-0.4, -0.2) is 46.9 Å². The third-order valence-electron chi connectivity index (χ3n) is 12.0. The third-order valence-corrected chi connectivity index (χ3v) is 12.0. The minimum atomic E-state index is -0.788. The Bertz CT molecular complexity index is 993. The molecule has 0 bridgehead atoms. The number of nitrogens with one attached hydrogen (secondary N) is 1. The van der Waals surface area contributed by atoms with Crippen LogP contribution in [0.4, 0.5) is 0 Å². The lowest BCUT2D eigenvalue weighted by atomic mass is 10.0. The number of ether oxygens (including phenoxy) is 1. The molecule has 0 aromatic heterocycles. The van der Waals surface area contributed by atoms with Crippen molar-refractivity contribution in [1.82, 2.24) is 5.32 Å². The lowest BCUT2D eigenvalue weighted by Gasteiger charge is -2.24. The first-order chi connectivity index (χ1) is 29.5. The summed E-state index contributed by atoms with van der Waals surface area (Å²) in [6.07, 6.45) is 56.3. The Hall–Kier alpha value is -1.92. The largest absolute Gasteiger partial charge is 0.462 e. The van der Waals surface area contributed by atoms with Gasteiger partial charge >= 0.3 is 5.97 Å². The van der Waals surface area contributed by atoms with Gasteiger partial charge in [0.1, 0.15) is 6.10 Å². The monoisotopic (exact) mass is 844 g/mol. The van der Waals surface area contributed by atoms with Crippen molar-refractivity contribution in [3.63, 3.8) is 0 Å². The van der Waals surface area contributed by atoms with E-state index in [1.54, 1.807) is 0 Å². The second-order valence-corrected chi connectivity index (χ2v) is 17.9. The van der Waals surface area contributed by atoms with Crippen LogP contribution in [0.1, 0.15) is 271 Å². The summed E-state index contributed by atoms with van der Waals surface area (Å²) in [6, 6.07) is -0.702. The highest BCUT2D eigenvalue weighted by molar-refractivity contribution is 5.77. The Labute approximate surface area is 373 Å². The number of carbonyl (C=O) groups is 2. The molecule has 6 heteroatoms. The van der Waals surface area contributed by atoms with E-state index in [2.05, 4.69) is 62.5 Å². The SMILES string of the molecule is CCCCC/C=C/C=C/CCCCCCCCC(=O)OC(CCCCCCCCC/C=C/CCCCCCCC)CC(=O)NC(CO)C(O)CCCCCCCCCCC. The van der Waals surface area contributed by atoms with Gasteiger partial charge in [0, 0.05) is 6.42 Å². The van der Waals surface area contributed by atoms with Crippen molar-refractivity contribution in [2.75, 3.05) is 6.61 Å². The van der Waals surface area contributed by atoms with Crippen LogP contribution in [-0.2, 0) is 14.3 Å². The van der Waals surface area contributed by atoms with E-state index in [1.807, 2.05) is 0 Å². The number of rotatable bonds is 47. The minimum absolute atomic E-state index is 0.0719. The highest BCUT2D eigenvalue weighted by atomic mass is 16.5. The Morgan fingerprint density at radius 3 is 1.32 bits per heavy atom. The van der Waals surface area contributed by atoms with E-state index in [1.165, 1.54) is 161 Å². The Balaban J connectivity index is 4.58. The van der Waals surface area contributed by atoms with Crippen molar-refractivity contribution in [2.24, 2.45) is 0 Å². The maximum absolute atomic E-state index is 13.2. The highest BCUT2D eigenvalue weighted by Crippen LogP contribution is 2.18. The Morgan fingerprint density at radius 1 is 0.483 bits per heavy atom. The van der Waals surface area contributed by atoms with Crippen molar-refractivity contribution in [1.29, 1.82) is 0 Å². The summed E-state index contributed by atoms with van der Waals surface area (Å²) in [7, 11) is 0. The summed E-state index contributed by atoms with van der Waals surface area (Å²) < 4.78 is 5.93. The molecule has 3 atom stereocenters. The molecule has 1 amide bonds. The zero-order valence-electron chi connectivity index (χ0n) is 40.1. The molecule has 352 valence electrons. The van der Waals surface area contributed by atoms with Crippen LogP contribution in [0, 0.1) is 0 Å². The number of aliphatic hydroxyl groups excluding tert-OH is 2. The molecule has 6 nitrogen and oxygen atoms in total. The molecule has 0 aromatic rings. The first kappa shape index (κ1) is 58.1. The van der Waals surface area contributed by atoms with Crippen molar-refractivity contribution < 1.29 is 24.5 Å². The van der Waals surface area contributed by atoms with Crippen LogP contribution in [0.3, 0.4) is 0 Å². The van der Waals surface area contributed by atoms with Crippen molar-refractivity contribution in [3.8, 4) is 0 Å². The summed E-state index contributed by atoms with van der Waals surface area (Å²) in [5, 5.41) is 23.7. The molecule has 60 heavy (non-hydrogen) atoms. The molecule has 0 heterocycles. The van der Waals surface area contributed by atoms with Gasteiger partial charge in [0.25, 0.3) is 0 Å². The normalized spacial score (nSPS) is 13.5. The first-order valence-corrected chi connectivity index (χ1v) is 26.2. The molecule has 0 aromatic carbocycles. The van der Waals surface area contributed by atoms with Gasteiger partial charge < -0.3 is 20.3 Å². The second-order valence-electron chi connectivity index (χ2n) is 17.9. The number of unbranched alkanes of at least 4 members (excludes halogenated alkanes) is 30. The van der Waals surface area contributed by atoms with E-state index in [0.717, 1.165) is 64.2 Å². The fourth-order valence-corrected chi connectivity index (χ4v) is 7.95. The zero-order valence-corrected chi connectivity index (χ0v) is 40.1. The summed E-state index contributed by atoms with van der Waals surface area (Å²) >= 11 is 0. The number of esters is 1. The summed E-state index contributed by atoms with van der Waals surface area (Å²) in [4.78, 5) is 26.1. The molecular formula is C54H101NO5. The predicted molar refractivity (Wildman–Crippen MR) is 259 cm³/mol. The molecule has 0 spiro atoms. The molecule has 0 aliphatic rings. The van der Waals surface area contributed by atoms with Gasteiger partial charge in [-0.3, -0.25) is 9.59 Å². The highest BCUT2D eigenvalue weighted by Gasteiger charge is 2.24. The number of aliphatic hydroxyl groups is 2. The third kappa shape index (κ3) is 42.8. The van der Waals surface area contributed by atoms with Crippen molar-refractivity contribution >= 4 is 11.9 Å². The van der Waals surface area contributed by atoms with Crippen LogP contribution in [0.2, 0.25) is 0 Å². The second kappa shape index (κ2) is 48.1. The molecule has 0 fully saturated rings. The fraction of sp³-hybridized carbons (Fsp3) is 0.852. The smallest absolute Gasteiger partial charge is 0.306 e.